The minimum Gasteiger partial charge on any atom is -0.388 e. The van der Waals surface area contributed by atoms with Crippen molar-refractivity contribution < 1.29 is 9.53 Å². The maximum atomic E-state index is 9.33. The quantitative estimate of drug-likeness (QED) is 0.398. The van der Waals surface area contributed by atoms with E-state index in [2.05, 4.69) is 11.3 Å². The molecule has 2 heteroatoms. The monoisotopic (exact) mass is 116 g/mol. The smallest absolute Gasteiger partial charge is 0.123 e. The summed E-state index contributed by atoms with van der Waals surface area (Å²) in [5, 5.41) is 0. The predicted octanol–water partition coefficient (Wildman–Crippen LogP) is 1.02. The van der Waals surface area contributed by atoms with Crippen LogP contribution in [0.15, 0.2) is 12.7 Å². The van der Waals surface area contributed by atoms with E-state index in [-0.39, 0.29) is 0 Å². The molecule has 0 atom stereocenters. The number of allylic oxidation sites excluding steroid dienone is 1. The molecular weight excluding hydrogens is 104 g/mol. The van der Waals surface area contributed by atoms with Crippen molar-refractivity contribution in [3.8, 4) is 0 Å². The van der Waals surface area contributed by atoms with Crippen molar-refractivity contribution >= 4 is 6.29 Å². The molecule has 0 spiro atoms. The van der Waals surface area contributed by atoms with E-state index in [1.54, 1.807) is 20.3 Å². The summed E-state index contributed by atoms with van der Waals surface area (Å²) in [7, 11) is 3.25. The molecule has 0 saturated carbocycles. The van der Waals surface area contributed by atoms with Gasteiger partial charge in [-0.25, -0.2) is 0 Å². The van der Waals surface area contributed by atoms with Gasteiger partial charge < -0.3 is 9.53 Å². The highest BCUT2D eigenvalue weighted by atomic mass is 16.4. The van der Waals surface area contributed by atoms with Crippen LogP contribution in [0.3, 0.4) is 0 Å². The maximum Gasteiger partial charge on any atom is 0.123 e. The van der Waals surface area contributed by atoms with Crippen molar-refractivity contribution in [1.29, 1.82) is 0 Å². The first-order valence-corrected chi connectivity index (χ1v) is 2.28. The van der Waals surface area contributed by atoms with Gasteiger partial charge in [0.25, 0.3) is 0 Å². The van der Waals surface area contributed by atoms with Crippen LogP contribution in [-0.2, 0) is 9.53 Å². The van der Waals surface area contributed by atoms with Crippen molar-refractivity contribution in [3.05, 3.63) is 12.7 Å². The van der Waals surface area contributed by atoms with Gasteiger partial charge in [-0.1, -0.05) is 6.08 Å². The molecule has 0 fully saturated rings. The molecule has 0 N–H and O–H groups in total. The molecular formula is C6H12O2. The van der Waals surface area contributed by atoms with Gasteiger partial charge in [-0.05, 0) is 0 Å². The molecule has 0 aliphatic rings. The summed E-state index contributed by atoms with van der Waals surface area (Å²) in [4.78, 5) is 9.33. The van der Waals surface area contributed by atoms with E-state index in [0.29, 0.717) is 6.42 Å². The first-order valence-electron chi connectivity index (χ1n) is 2.28. The molecule has 48 valence electrons. The zero-order valence-corrected chi connectivity index (χ0v) is 5.39. The fourth-order valence-electron chi connectivity index (χ4n) is 0.0680. The van der Waals surface area contributed by atoms with Gasteiger partial charge in [0.1, 0.15) is 6.29 Å². The minimum atomic E-state index is 0.472. The molecule has 0 aliphatic carbocycles. The molecule has 0 aromatic heterocycles. The minimum absolute atomic E-state index is 0.472. The summed E-state index contributed by atoms with van der Waals surface area (Å²) in [6, 6.07) is 0. The summed E-state index contributed by atoms with van der Waals surface area (Å²) in [5.74, 6) is 0. The molecule has 0 amide bonds. The van der Waals surface area contributed by atoms with Gasteiger partial charge in [-0.3, -0.25) is 0 Å². The van der Waals surface area contributed by atoms with Gasteiger partial charge in [0, 0.05) is 20.6 Å². The lowest BCUT2D eigenvalue weighted by atomic mass is 10.5. The molecule has 8 heavy (non-hydrogen) atoms. The third kappa shape index (κ3) is 54.6. The lowest BCUT2D eigenvalue weighted by Gasteiger charge is -1.61. The molecule has 0 radical (unpaired) electrons. The summed E-state index contributed by atoms with van der Waals surface area (Å²) < 4.78 is 4.25. The highest BCUT2D eigenvalue weighted by molar-refractivity contribution is 5.51. The molecule has 0 rings (SSSR count). The number of hydrogen-bond acceptors (Lipinski definition) is 2. The lowest BCUT2D eigenvalue weighted by Crippen LogP contribution is -1.59. The number of carbonyl (C=O) groups is 1. The molecule has 0 heterocycles. The zero-order valence-electron chi connectivity index (χ0n) is 5.39. The molecule has 2 nitrogen and oxygen atoms in total. The van der Waals surface area contributed by atoms with Gasteiger partial charge in [0.05, 0.1) is 0 Å². The van der Waals surface area contributed by atoms with E-state index in [0.717, 1.165) is 6.29 Å². The third-order valence-electron chi connectivity index (χ3n) is 0.263. The van der Waals surface area contributed by atoms with Crippen LogP contribution in [-0.4, -0.2) is 20.5 Å². The molecule has 0 aliphatic heterocycles. The Balaban J connectivity index is 0. The second kappa shape index (κ2) is 16.2. The standard InChI is InChI=1S/C4H6O.C2H6O/c1-2-3-4-5;1-3-2/h2,4H,1,3H2;1-2H3. The SMILES string of the molecule is C=CCC=O.COC. The van der Waals surface area contributed by atoms with Gasteiger partial charge in [-0.15, -0.1) is 6.58 Å². The largest absolute Gasteiger partial charge is 0.388 e. The van der Waals surface area contributed by atoms with E-state index in [1.807, 2.05) is 0 Å². The summed E-state index contributed by atoms with van der Waals surface area (Å²) >= 11 is 0. The first kappa shape index (κ1) is 10.4. The van der Waals surface area contributed by atoms with Gasteiger partial charge in [0.15, 0.2) is 0 Å². The average molecular weight is 116 g/mol. The van der Waals surface area contributed by atoms with Crippen molar-refractivity contribution in [2.24, 2.45) is 0 Å². The Labute approximate surface area is 50.2 Å². The van der Waals surface area contributed by atoms with Crippen LogP contribution in [0.25, 0.3) is 0 Å². The molecule has 0 saturated heterocycles. The summed E-state index contributed by atoms with van der Waals surface area (Å²) in [5.41, 5.74) is 0. The van der Waals surface area contributed by atoms with E-state index < -0.39 is 0 Å². The number of methoxy groups -OCH3 is 1. The van der Waals surface area contributed by atoms with Crippen LogP contribution in [0.2, 0.25) is 0 Å². The van der Waals surface area contributed by atoms with Crippen LogP contribution in [0.4, 0.5) is 0 Å². The van der Waals surface area contributed by atoms with Gasteiger partial charge in [0.2, 0.25) is 0 Å². The van der Waals surface area contributed by atoms with Gasteiger partial charge >= 0.3 is 0 Å². The maximum absolute atomic E-state index is 9.33. The zero-order chi connectivity index (χ0) is 6.83. The van der Waals surface area contributed by atoms with E-state index in [9.17, 15) is 4.79 Å². The number of carbonyl (C=O) groups excluding carboxylic acids is 1. The van der Waals surface area contributed by atoms with E-state index in [1.165, 1.54) is 0 Å². The Bertz CT molecular complexity index is 44.5. The Hall–Kier alpha value is -0.630. The van der Waals surface area contributed by atoms with E-state index >= 15 is 0 Å². The van der Waals surface area contributed by atoms with Crippen molar-refractivity contribution in [1.82, 2.24) is 0 Å². The Morgan fingerprint density at radius 1 is 1.62 bits per heavy atom. The second-order valence-electron chi connectivity index (χ2n) is 1.10. The topological polar surface area (TPSA) is 26.3 Å². The van der Waals surface area contributed by atoms with Crippen LogP contribution in [0.5, 0.6) is 0 Å². The summed E-state index contributed by atoms with van der Waals surface area (Å²) in [6.45, 7) is 3.32. The Kier molecular flexibility index (Phi) is 21.0. The highest BCUT2D eigenvalue weighted by Gasteiger charge is 1.59. The van der Waals surface area contributed by atoms with Crippen LogP contribution in [0, 0.1) is 0 Å². The predicted molar refractivity (Wildman–Crippen MR) is 33.8 cm³/mol. The van der Waals surface area contributed by atoms with Crippen LogP contribution in [0.1, 0.15) is 6.42 Å². The third-order valence-corrected chi connectivity index (χ3v) is 0.263. The van der Waals surface area contributed by atoms with E-state index in [4.69, 9.17) is 0 Å². The number of rotatable bonds is 2. The summed E-state index contributed by atoms with van der Waals surface area (Å²) in [6.07, 6.45) is 2.85. The molecule has 0 bridgehead atoms. The Morgan fingerprint density at radius 2 is 2.00 bits per heavy atom. The normalized spacial score (nSPS) is 6.25. The fraction of sp³-hybridized carbons (Fsp3) is 0.500. The molecule has 0 aromatic rings. The molecule has 0 unspecified atom stereocenters. The molecule has 0 aromatic carbocycles. The van der Waals surface area contributed by atoms with Crippen molar-refractivity contribution in [2.75, 3.05) is 14.2 Å². The second-order valence-corrected chi connectivity index (χ2v) is 1.10. The number of hydrogen-bond donors (Lipinski definition) is 0. The Morgan fingerprint density at radius 3 is 2.00 bits per heavy atom. The highest BCUT2D eigenvalue weighted by Crippen LogP contribution is 1.64. The van der Waals surface area contributed by atoms with Crippen LogP contribution >= 0.6 is 0 Å². The average Bonchev–Trinajstić information content (AvgIpc) is 1.71. The number of ether oxygens (including phenoxy) is 1. The van der Waals surface area contributed by atoms with Crippen molar-refractivity contribution in [2.45, 2.75) is 6.42 Å². The van der Waals surface area contributed by atoms with Crippen LogP contribution < -0.4 is 0 Å². The van der Waals surface area contributed by atoms with Crippen molar-refractivity contribution in [3.63, 3.8) is 0 Å². The number of aldehydes is 1. The first-order chi connectivity index (χ1) is 3.83. The fourth-order valence-corrected chi connectivity index (χ4v) is 0.0680. The lowest BCUT2D eigenvalue weighted by molar-refractivity contribution is -0.107. The van der Waals surface area contributed by atoms with Gasteiger partial charge in [-0.2, -0.15) is 0 Å².